The molecule has 7 heteroatoms. The number of ether oxygens (including phenoxy) is 2. The number of nitrogens with zero attached hydrogens (tertiary/aromatic N) is 2. The van der Waals surface area contributed by atoms with Crippen molar-refractivity contribution < 1.29 is 19.1 Å². The zero-order valence-electron chi connectivity index (χ0n) is 24.1. The van der Waals surface area contributed by atoms with Crippen molar-refractivity contribution in [2.45, 2.75) is 38.8 Å². The summed E-state index contributed by atoms with van der Waals surface area (Å²) in [6.45, 7) is 6.27. The molecule has 7 nitrogen and oxygen atoms in total. The van der Waals surface area contributed by atoms with Gasteiger partial charge in [0.1, 0.15) is 24.7 Å². The van der Waals surface area contributed by atoms with E-state index in [0.29, 0.717) is 39.3 Å². The van der Waals surface area contributed by atoms with Crippen LogP contribution >= 0.6 is 0 Å². The molecule has 0 spiro atoms. The molecule has 5 rings (SSSR count). The Kier molecular flexibility index (Phi) is 9.04. The van der Waals surface area contributed by atoms with E-state index in [1.165, 1.54) is 5.56 Å². The van der Waals surface area contributed by atoms with E-state index in [1.807, 2.05) is 90.5 Å². The Bertz CT molecular complexity index is 1390. The summed E-state index contributed by atoms with van der Waals surface area (Å²) in [5.74, 6) is 1.64. The van der Waals surface area contributed by atoms with Crippen LogP contribution in [0.1, 0.15) is 30.0 Å². The Morgan fingerprint density at radius 2 is 1.66 bits per heavy atom. The van der Waals surface area contributed by atoms with Crippen molar-refractivity contribution >= 4 is 17.4 Å². The molecule has 2 amide bonds. The molecule has 2 atom stereocenters. The first-order valence-electron chi connectivity index (χ1n) is 14.3. The van der Waals surface area contributed by atoms with Crippen LogP contribution in [0.4, 0.5) is 0 Å². The van der Waals surface area contributed by atoms with Crippen molar-refractivity contribution in [3.8, 4) is 11.5 Å². The highest BCUT2D eigenvalue weighted by Gasteiger charge is 2.39. The maximum atomic E-state index is 13.9. The fraction of sp³-hybridized carbons (Fsp3) is 0.353. The van der Waals surface area contributed by atoms with Gasteiger partial charge in [-0.15, -0.1) is 0 Å². The fourth-order valence-corrected chi connectivity index (χ4v) is 5.65. The standard InChI is InChI=1S/C34H39N3O4/c1-24-8-7-11-30(20-24)41-19-18-40-29-14-12-27(13-15-29)31-21-28-22-37(25(2)38)23-32(35-28)33(31)34(39)36(3)17-16-26-9-5-4-6-10-26/h4-15,20,28,32,35H,16-19,21-23H2,1-3H3/t28?,32-/m1/s1. The summed E-state index contributed by atoms with van der Waals surface area (Å²) in [6, 6.07) is 26.0. The minimum absolute atomic E-state index is 0.00547. The van der Waals surface area contributed by atoms with Crippen molar-refractivity contribution in [2.24, 2.45) is 0 Å². The molecule has 3 aromatic carbocycles. The second-order valence-corrected chi connectivity index (χ2v) is 10.9. The van der Waals surface area contributed by atoms with E-state index >= 15 is 0 Å². The predicted octanol–water partition coefficient (Wildman–Crippen LogP) is 4.50. The molecule has 1 fully saturated rings. The lowest BCUT2D eigenvalue weighted by Crippen LogP contribution is -2.61. The van der Waals surface area contributed by atoms with Gasteiger partial charge in [-0.05, 0) is 66.3 Å². The number of fused-ring (bicyclic) bond motifs is 2. The molecule has 0 saturated carbocycles. The average molecular weight is 554 g/mol. The Morgan fingerprint density at radius 1 is 0.927 bits per heavy atom. The number of nitrogens with one attached hydrogen (secondary N) is 1. The molecule has 0 aromatic heterocycles. The lowest BCUT2D eigenvalue weighted by Gasteiger charge is -2.44. The molecule has 0 radical (unpaired) electrons. The average Bonchev–Trinajstić information content (AvgIpc) is 2.98. The zero-order valence-corrected chi connectivity index (χ0v) is 24.1. The largest absolute Gasteiger partial charge is 0.490 e. The van der Waals surface area contributed by atoms with Crippen molar-refractivity contribution in [1.29, 1.82) is 0 Å². The predicted molar refractivity (Wildman–Crippen MR) is 161 cm³/mol. The van der Waals surface area contributed by atoms with Crippen LogP contribution in [-0.2, 0) is 16.0 Å². The summed E-state index contributed by atoms with van der Waals surface area (Å²) in [7, 11) is 1.86. The van der Waals surface area contributed by atoms with Crippen molar-refractivity contribution in [1.82, 2.24) is 15.1 Å². The molecule has 2 bridgehead atoms. The van der Waals surface area contributed by atoms with Gasteiger partial charge in [0.15, 0.2) is 0 Å². The van der Waals surface area contributed by atoms with Crippen LogP contribution in [0.15, 0.2) is 84.4 Å². The SMILES string of the molecule is CC(=O)N1CC2CC(c3ccc(OCCOc4cccc(C)c4)cc3)=C(C(=O)N(C)CCc3ccccc3)[C@@H](C1)N2. The first-order chi connectivity index (χ1) is 19.9. The Morgan fingerprint density at radius 3 is 2.37 bits per heavy atom. The van der Waals surface area contributed by atoms with Crippen LogP contribution in [-0.4, -0.2) is 73.6 Å². The normalized spacial score (nSPS) is 18.2. The maximum Gasteiger partial charge on any atom is 0.251 e. The molecule has 2 aliphatic heterocycles. The molecule has 214 valence electrons. The van der Waals surface area contributed by atoms with Crippen LogP contribution in [0.2, 0.25) is 0 Å². The number of piperazine rings is 1. The molecule has 1 N–H and O–H groups in total. The molecule has 41 heavy (non-hydrogen) atoms. The Labute approximate surface area is 242 Å². The van der Waals surface area contributed by atoms with Crippen molar-refractivity contribution in [3.05, 3.63) is 101 Å². The van der Waals surface area contributed by atoms with E-state index in [2.05, 4.69) is 17.4 Å². The van der Waals surface area contributed by atoms with Gasteiger partial charge in [0.2, 0.25) is 5.91 Å². The molecule has 1 saturated heterocycles. The minimum Gasteiger partial charge on any atom is -0.490 e. The highest BCUT2D eigenvalue weighted by molar-refractivity contribution is 6.03. The highest BCUT2D eigenvalue weighted by atomic mass is 16.5. The highest BCUT2D eigenvalue weighted by Crippen LogP contribution is 2.34. The molecule has 3 aromatic rings. The Balaban J connectivity index is 1.30. The number of likely N-dealkylation sites (N-methyl/N-ethyl adjacent to an activating group) is 1. The fourth-order valence-electron chi connectivity index (χ4n) is 5.65. The smallest absolute Gasteiger partial charge is 0.251 e. The third-order valence-electron chi connectivity index (χ3n) is 7.82. The molecule has 0 aliphatic carbocycles. The lowest BCUT2D eigenvalue weighted by molar-refractivity contribution is -0.132. The van der Waals surface area contributed by atoms with Gasteiger partial charge in [-0.1, -0.05) is 54.6 Å². The van der Waals surface area contributed by atoms with E-state index in [0.717, 1.165) is 40.2 Å². The second-order valence-electron chi connectivity index (χ2n) is 10.9. The zero-order chi connectivity index (χ0) is 28.8. The summed E-state index contributed by atoms with van der Waals surface area (Å²) in [5.41, 5.74) is 5.17. The third kappa shape index (κ3) is 7.16. The summed E-state index contributed by atoms with van der Waals surface area (Å²) in [6.07, 6.45) is 1.46. The number of benzene rings is 3. The minimum atomic E-state index is -0.206. The van der Waals surface area contributed by atoms with Gasteiger partial charge in [0, 0.05) is 45.2 Å². The van der Waals surface area contributed by atoms with Crippen LogP contribution in [0.5, 0.6) is 11.5 Å². The number of hydrogen-bond acceptors (Lipinski definition) is 5. The number of carbonyl (C=O) groups excluding carboxylic acids is 2. The monoisotopic (exact) mass is 553 g/mol. The Hall–Kier alpha value is -4.10. The first-order valence-corrected chi connectivity index (χ1v) is 14.3. The molecule has 2 heterocycles. The molecule has 1 unspecified atom stereocenters. The lowest BCUT2D eigenvalue weighted by atomic mass is 9.83. The van der Waals surface area contributed by atoms with Gasteiger partial charge in [-0.3, -0.25) is 9.59 Å². The van der Waals surface area contributed by atoms with Crippen molar-refractivity contribution in [3.63, 3.8) is 0 Å². The van der Waals surface area contributed by atoms with E-state index in [4.69, 9.17) is 9.47 Å². The third-order valence-corrected chi connectivity index (χ3v) is 7.82. The van der Waals surface area contributed by atoms with Crippen LogP contribution < -0.4 is 14.8 Å². The number of hydrogen-bond donors (Lipinski definition) is 1. The topological polar surface area (TPSA) is 71.1 Å². The summed E-state index contributed by atoms with van der Waals surface area (Å²) < 4.78 is 11.7. The number of aryl methyl sites for hydroxylation is 1. The van der Waals surface area contributed by atoms with Gasteiger partial charge in [-0.25, -0.2) is 0 Å². The molecule has 2 aliphatic rings. The summed E-state index contributed by atoms with van der Waals surface area (Å²) in [4.78, 5) is 29.9. The number of carbonyl (C=O) groups is 2. The van der Waals surface area contributed by atoms with Gasteiger partial charge >= 0.3 is 0 Å². The summed E-state index contributed by atoms with van der Waals surface area (Å²) >= 11 is 0. The number of rotatable bonds is 10. The van der Waals surface area contributed by atoms with Gasteiger partial charge in [0.25, 0.3) is 5.91 Å². The van der Waals surface area contributed by atoms with E-state index in [-0.39, 0.29) is 23.9 Å². The van der Waals surface area contributed by atoms with E-state index in [9.17, 15) is 9.59 Å². The quantitative estimate of drug-likeness (QED) is 0.375. The summed E-state index contributed by atoms with van der Waals surface area (Å²) in [5, 5.41) is 3.62. The van der Waals surface area contributed by atoms with E-state index < -0.39 is 0 Å². The first kappa shape index (κ1) is 28.4. The van der Waals surface area contributed by atoms with Gasteiger partial charge in [-0.2, -0.15) is 0 Å². The van der Waals surface area contributed by atoms with E-state index in [1.54, 1.807) is 6.92 Å². The maximum absolute atomic E-state index is 13.9. The van der Waals surface area contributed by atoms with Crippen molar-refractivity contribution in [2.75, 3.05) is 39.9 Å². The van der Waals surface area contributed by atoms with Crippen LogP contribution in [0, 0.1) is 6.92 Å². The van der Waals surface area contributed by atoms with Crippen LogP contribution in [0.25, 0.3) is 5.57 Å². The second kappa shape index (κ2) is 13.0. The van der Waals surface area contributed by atoms with Crippen LogP contribution in [0.3, 0.4) is 0 Å². The van der Waals surface area contributed by atoms with Gasteiger partial charge in [0.05, 0.1) is 6.04 Å². The number of amides is 2. The van der Waals surface area contributed by atoms with Gasteiger partial charge < -0.3 is 24.6 Å². The molecular formula is C34H39N3O4. The molecular weight excluding hydrogens is 514 g/mol.